The molecular weight excluding hydrogens is 394 g/mol. The summed E-state index contributed by atoms with van der Waals surface area (Å²) < 4.78 is 2.35. The molecule has 0 atom stereocenters. The normalized spacial score (nSPS) is 16.1. The van der Waals surface area contributed by atoms with Crippen molar-refractivity contribution in [2.24, 2.45) is 0 Å². The second-order valence-electron chi connectivity index (χ2n) is 9.24. The number of aromatic nitrogens is 3. The Hall–Kier alpha value is -2.50. The summed E-state index contributed by atoms with van der Waals surface area (Å²) in [5.41, 5.74) is 5.98. The number of fused-ring (bicyclic) bond motifs is 1. The van der Waals surface area contributed by atoms with Crippen LogP contribution in [0, 0.1) is 13.8 Å². The molecule has 0 radical (unpaired) electrons. The highest BCUT2D eigenvalue weighted by molar-refractivity contribution is 5.80. The van der Waals surface area contributed by atoms with E-state index in [4.69, 9.17) is 4.98 Å². The van der Waals surface area contributed by atoms with Gasteiger partial charge in [-0.3, -0.25) is 9.80 Å². The Bertz CT molecular complexity index is 1070. The van der Waals surface area contributed by atoms with E-state index in [0.29, 0.717) is 6.04 Å². The van der Waals surface area contributed by atoms with Crippen molar-refractivity contribution >= 4 is 17.1 Å². The van der Waals surface area contributed by atoms with Gasteiger partial charge in [-0.05, 0) is 51.3 Å². The highest BCUT2D eigenvalue weighted by atomic mass is 15.3. The molecule has 1 saturated heterocycles. The van der Waals surface area contributed by atoms with E-state index in [0.717, 1.165) is 49.8 Å². The van der Waals surface area contributed by atoms with Crippen molar-refractivity contribution in [3.05, 3.63) is 64.7 Å². The molecule has 0 saturated carbocycles. The SMILES string of the molecule is CCc1cc2c(C)nc(C)nc2n1Cc1ccc(/C=C/CN2CCN(C(C)C)CC2)cc1. The Kier molecular flexibility index (Phi) is 7.07. The van der Waals surface area contributed by atoms with Gasteiger partial charge >= 0.3 is 0 Å². The van der Waals surface area contributed by atoms with Crippen LogP contribution in [0.25, 0.3) is 17.1 Å². The highest BCUT2D eigenvalue weighted by Gasteiger charge is 2.17. The zero-order valence-corrected chi connectivity index (χ0v) is 20.3. The summed E-state index contributed by atoms with van der Waals surface area (Å²) in [4.78, 5) is 14.4. The maximum Gasteiger partial charge on any atom is 0.144 e. The lowest BCUT2D eigenvalue weighted by atomic mass is 10.1. The van der Waals surface area contributed by atoms with Crippen LogP contribution < -0.4 is 0 Å². The molecule has 1 fully saturated rings. The Morgan fingerprint density at radius 2 is 1.72 bits per heavy atom. The second-order valence-corrected chi connectivity index (χ2v) is 9.24. The Morgan fingerprint density at radius 3 is 2.38 bits per heavy atom. The molecule has 170 valence electrons. The summed E-state index contributed by atoms with van der Waals surface area (Å²) in [6.45, 7) is 17.4. The number of hydrogen-bond donors (Lipinski definition) is 0. The number of piperazine rings is 1. The molecule has 4 rings (SSSR count). The van der Waals surface area contributed by atoms with Gasteiger partial charge in [0.05, 0.1) is 5.69 Å². The quantitative estimate of drug-likeness (QED) is 0.543. The molecule has 5 nitrogen and oxygen atoms in total. The zero-order chi connectivity index (χ0) is 22.7. The maximum absolute atomic E-state index is 4.75. The topological polar surface area (TPSA) is 37.2 Å². The van der Waals surface area contributed by atoms with Gasteiger partial charge in [-0.25, -0.2) is 9.97 Å². The lowest BCUT2D eigenvalue weighted by molar-refractivity contribution is 0.117. The van der Waals surface area contributed by atoms with Gasteiger partial charge in [0.2, 0.25) is 0 Å². The molecule has 0 unspecified atom stereocenters. The first-order chi connectivity index (χ1) is 15.4. The lowest BCUT2D eigenvalue weighted by Crippen LogP contribution is -2.48. The molecule has 2 aromatic heterocycles. The molecule has 0 spiro atoms. The minimum atomic E-state index is 0.657. The first-order valence-electron chi connectivity index (χ1n) is 12.0. The largest absolute Gasteiger partial charge is 0.325 e. The van der Waals surface area contributed by atoms with Crippen LogP contribution in [0.4, 0.5) is 0 Å². The van der Waals surface area contributed by atoms with Crippen LogP contribution in [0.5, 0.6) is 0 Å². The van der Waals surface area contributed by atoms with E-state index < -0.39 is 0 Å². The first-order valence-corrected chi connectivity index (χ1v) is 12.0. The van der Waals surface area contributed by atoms with Crippen LogP contribution >= 0.6 is 0 Å². The number of aryl methyl sites for hydroxylation is 3. The van der Waals surface area contributed by atoms with Crippen LogP contribution in [-0.2, 0) is 13.0 Å². The molecule has 0 amide bonds. The van der Waals surface area contributed by atoms with Crippen molar-refractivity contribution in [2.45, 2.75) is 53.6 Å². The van der Waals surface area contributed by atoms with E-state index in [2.05, 4.69) is 89.5 Å². The molecule has 3 heterocycles. The Labute approximate surface area is 192 Å². The van der Waals surface area contributed by atoms with E-state index in [1.807, 2.05) is 6.92 Å². The van der Waals surface area contributed by atoms with Gasteiger partial charge in [0, 0.05) is 56.4 Å². The van der Waals surface area contributed by atoms with Crippen molar-refractivity contribution < 1.29 is 0 Å². The molecule has 5 heteroatoms. The summed E-state index contributed by atoms with van der Waals surface area (Å²) in [6.07, 6.45) is 5.54. The fourth-order valence-electron chi connectivity index (χ4n) is 4.64. The predicted molar refractivity (Wildman–Crippen MR) is 134 cm³/mol. The third-order valence-corrected chi connectivity index (χ3v) is 6.63. The minimum Gasteiger partial charge on any atom is -0.325 e. The number of benzene rings is 1. The van der Waals surface area contributed by atoms with Crippen LogP contribution in [0.15, 0.2) is 36.4 Å². The van der Waals surface area contributed by atoms with Crippen LogP contribution in [0.2, 0.25) is 0 Å². The van der Waals surface area contributed by atoms with Gasteiger partial charge < -0.3 is 4.57 Å². The zero-order valence-electron chi connectivity index (χ0n) is 20.3. The third-order valence-electron chi connectivity index (χ3n) is 6.63. The summed E-state index contributed by atoms with van der Waals surface area (Å²) in [7, 11) is 0. The standard InChI is InChI=1S/C27H37N5/c1-6-25-18-26-21(4)28-22(5)29-27(26)32(25)19-24-11-9-23(10-12-24)8-7-13-30-14-16-31(17-15-30)20(2)3/h7-12,18,20H,6,13-17,19H2,1-5H3/b8-7+. The van der Waals surface area contributed by atoms with E-state index in [-0.39, 0.29) is 0 Å². The molecule has 32 heavy (non-hydrogen) atoms. The molecule has 1 aliphatic heterocycles. The lowest BCUT2D eigenvalue weighted by Gasteiger charge is -2.36. The van der Waals surface area contributed by atoms with Crippen molar-refractivity contribution in [3.63, 3.8) is 0 Å². The first kappa shape index (κ1) is 22.7. The molecule has 0 aliphatic carbocycles. The van der Waals surface area contributed by atoms with Crippen LogP contribution in [0.3, 0.4) is 0 Å². The van der Waals surface area contributed by atoms with E-state index in [1.165, 1.54) is 35.3 Å². The van der Waals surface area contributed by atoms with Gasteiger partial charge in [0.1, 0.15) is 11.5 Å². The summed E-state index contributed by atoms with van der Waals surface area (Å²) in [5.74, 6) is 0.836. The highest BCUT2D eigenvalue weighted by Crippen LogP contribution is 2.23. The Morgan fingerprint density at radius 1 is 1.00 bits per heavy atom. The predicted octanol–water partition coefficient (Wildman–Crippen LogP) is 4.70. The van der Waals surface area contributed by atoms with Crippen molar-refractivity contribution in [1.82, 2.24) is 24.3 Å². The summed E-state index contributed by atoms with van der Waals surface area (Å²) in [5, 5.41) is 1.17. The molecule has 1 aliphatic rings. The monoisotopic (exact) mass is 431 g/mol. The van der Waals surface area contributed by atoms with Crippen LogP contribution in [-0.4, -0.2) is 63.1 Å². The van der Waals surface area contributed by atoms with Crippen LogP contribution in [0.1, 0.15) is 49.1 Å². The van der Waals surface area contributed by atoms with Gasteiger partial charge in [0.15, 0.2) is 0 Å². The van der Waals surface area contributed by atoms with E-state index in [1.54, 1.807) is 0 Å². The van der Waals surface area contributed by atoms with Gasteiger partial charge in [-0.2, -0.15) is 0 Å². The van der Waals surface area contributed by atoms with Gasteiger partial charge in [0.25, 0.3) is 0 Å². The van der Waals surface area contributed by atoms with Crippen molar-refractivity contribution in [2.75, 3.05) is 32.7 Å². The summed E-state index contributed by atoms with van der Waals surface area (Å²) in [6, 6.07) is 11.9. The number of hydrogen-bond acceptors (Lipinski definition) is 4. The van der Waals surface area contributed by atoms with Crippen molar-refractivity contribution in [1.29, 1.82) is 0 Å². The molecule has 1 aromatic carbocycles. The smallest absolute Gasteiger partial charge is 0.144 e. The molecule has 3 aromatic rings. The average molecular weight is 432 g/mol. The Balaban J connectivity index is 1.40. The third kappa shape index (κ3) is 5.11. The van der Waals surface area contributed by atoms with E-state index in [9.17, 15) is 0 Å². The van der Waals surface area contributed by atoms with Gasteiger partial charge in [-0.1, -0.05) is 43.3 Å². The number of rotatable bonds is 7. The fraction of sp³-hybridized carbons (Fsp3) is 0.481. The molecular formula is C27H37N5. The second kappa shape index (κ2) is 9.97. The average Bonchev–Trinajstić information content (AvgIpc) is 3.13. The maximum atomic E-state index is 4.75. The molecule has 0 N–H and O–H groups in total. The summed E-state index contributed by atoms with van der Waals surface area (Å²) >= 11 is 0. The minimum absolute atomic E-state index is 0.657. The molecule has 0 bridgehead atoms. The van der Waals surface area contributed by atoms with Gasteiger partial charge in [-0.15, -0.1) is 0 Å². The number of nitrogens with zero attached hydrogens (tertiary/aromatic N) is 5. The van der Waals surface area contributed by atoms with E-state index >= 15 is 0 Å². The van der Waals surface area contributed by atoms with Crippen molar-refractivity contribution in [3.8, 4) is 0 Å². The fourth-order valence-corrected chi connectivity index (χ4v) is 4.64.